The summed E-state index contributed by atoms with van der Waals surface area (Å²) in [7, 11) is 0. The van der Waals surface area contributed by atoms with Crippen LogP contribution < -0.4 is 5.56 Å². The van der Waals surface area contributed by atoms with Crippen LogP contribution in [0.3, 0.4) is 0 Å². The third-order valence-corrected chi connectivity index (χ3v) is 3.39. The van der Waals surface area contributed by atoms with Crippen molar-refractivity contribution in [1.82, 2.24) is 4.57 Å². The molecular weight excluding hydrogens is 268 g/mol. The van der Waals surface area contributed by atoms with E-state index in [1.54, 1.807) is 22.8 Å². The average Bonchev–Trinajstić information content (AvgIpc) is 2.51. The van der Waals surface area contributed by atoms with Gasteiger partial charge in [0.15, 0.2) is 0 Å². The maximum absolute atomic E-state index is 12.1. The molecule has 0 aliphatic carbocycles. The molecule has 0 spiro atoms. The summed E-state index contributed by atoms with van der Waals surface area (Å²) in [5.41, 5.74) is 1.65. The number of nitro benzene ring substituents is 1. The van der Waals surface area contributed by atoms with Crippen LogP contribution in [0.5, 0.6) is 0 Å². The fourth-order valence-electron chi connectivity index (χ4n) is 2.31. The molecule has 104 valence electrons. The molecular formula is C16H12N2O3. The van der Waals surface area contributed by atoms with Crippen molar-refractivity contribution in [2.45, 2.75) is 6.54 Å². The van der Waals surface area contributed by atoms with Crippen molar-refractivity contribution in [3.63, 3.8) is 0 Å². The molecule has 0 saturated carbocycles. The molecule has 0 amide bonds. The average molecular weight is 280 g/mol. The van der Waals surface area contributed by atoms with Gasteiger partial charge in [0.2, 0.25) is 0 Å². The topological polar surface area (TPSA) is 65.1 Å². The number of para-hydroxylation sites is 1. The number of aromatic nitrogens is 1. The lowest BCUT2D eigenvalue weighted by atomic mass is 10.1. The highest BCUT2D eigenvalue weighted by Crippen LogP contribution is 2.15. The van der Waals surface area contributed by atoms with E-state index in [0.717, 1.165) is 16.5 Å². The molecule has 0 aliphatic heterocycles. The fourth-order valence-corrected chi connectivity index (χ4v) is 2.31. The van der Waals surface area contributed by atoms with Gasteiger partial charge >= 0.3 is 0 Å². The van der Waals surface area contributed by atoms with E-state index < -0.39 is 4.92 Å². The molecule has 0 saturated heterocycles. The molecule has 0 radical (unpaired) electrons. The van der Waals surface area contributed by atoms with E-state index in [4.69, 9.17) is 0 Å². The third kappa shape index (κ3) is 2.53. The SMILES string of the molecule is O=c1ccc2ccccc2n1Cc1ccc([N+](=O)[O-])cc1. The Balaban J connectivity index is 2.03. The van der Waals surface area contributed by atoms with Crippen LogP contribution in [0.1, 0.15) is 5.56 Å². The number of hydrogen-bond donors (Lipinski definition) is 0. The standard InChI is InChI=1S/C16H12N2O3/c19-16-10-7-13-3-1-2-4-15(13)17(16)11-12-5-8-14(9-6-12)18(20)21/h1-10H,11H2. The van der Waals surface area contributed by atoms with Gasteiger partial charge in [0, 0.05) is 18.2 Å². The number of non-ortho nitro benzene ring substituents is 1. The second kappa shape index (κ2) is 5.20. The largest absolute Gasteiger partial charge is 0.304 e. The lowest BCUT2D eigenvalue weighted by Gasteiger charge is -2.10. The van der Waals surface area contributed by atoms with E-state index in [1.807, 2.05) is 24.3 Å². The van der Waals surface area contributed by atoms with Gasteiger partial charge in [-0.1, -0.05) is 30.3 Å². The zero-order valence-corrected chi connectivity index (χ0v) is 11.1. The molecule has 0 bridgehead atoms. The number of rotatable bonds is 3. The molecule has 0 aliphatic rings. The number of nitrogens with zero attached hydrogens (tertiary/aromatic N) is 2. The highest BCUT2D eigenvalue weighted by atomic mass is 16.6. The van der Waals surface area contributed by atoms with Gasteiger partial charge in [0.25, 0.3) is 11.2 Å². The number of benzene rings is 2. The minimum absolute atomic E-state index is 0.0454. The molecule has 21 heavy (non-hydrogen) atoms. The summed E-state index contributed by atoms with van der Waals surface area (Å²) in [6.07, 6.45) is 0. The summed E-state index contributed by atoms with van der Waals surface area (Å²) in [5.74, 6) is 0. The predicted molar refractivity (Wildman–Crippen MR) is 80.4 cm³/mol. The predicted octanol–water partition coefficient (Wildman–Crippen LogP) is 2.96. The van der Waals surface area contributed by atoms with Gasteiger partial charge in [-0.2, -0.15) is 0 Å². The van der Waals surface area contributed by atoms with Gasteiger partial charge in [-0.05, 0) is 23.1 Å². The van der Waals surface area contributed by atoms with Crippen molar-refractivity contribution in [3.8, 4) is 0 Å². The first-order valence-corrected chi connectivity index (χ1v) is 6.47. The number of fused-ring (bicyclic) bond motifs is 1. The molecule has 5 nitrogen and oxygen atoms in total. The molecule has 1 aromatic heterocycles. The smallest absolute Gasteiger partial charge is 0.269 e. The number of hydrogen-bond acceptors (Lipinski definition) is 3. The first-order chi connectivity index (χ1) is 10.1. The van der Waals surface area contributed by atoms with Gasteiger partial charge in [-0.3, -0.25) is 14.9 Å². The minimum Gasteiger partial charge on any atom is -0.304 e. The highest BCUT2D eigenvalue weighted by molar-refractivity contribution is 5.78. The lowest BCUT2D eigenvalue weighted by molar-refractivity contribution is -0.384. The van der Waals surface area contributed by atoms with E-state index >= 15 is 0 Å². The van der Waals surface area contributed by atoms with E-state index in [-0.39, 0.29) is 11.2 Å². The van der Waals surface area contributed by atoms with Crippen LogP contribution in [0.25, 0.3) is 10.9 Å². The summed E-state index contributed by atoms with van der Waals surface area (Å²) in [6, 6.07) is 17.2. The van der Waals surface area contributed by atoms with Crippen LogP contribution in [0.4, 0.5) is 5.69 Å². The monoisotopic (exact) mass is 280 g/mol. The van der Waals surface area contributed by atoms with Crippen LogP contribution in [-0.4, -0.2) is 9.49 Å². The molecule has 0 atom stereocenters. The first kappa shape index (κ1) is 13.1. The second-order valence-corrected chi connectivity index (χ2v) is 4.74. The Morgan fingerprint density at radius 2 is 1.67 bits per heavy atom. The molecule has 3 rings (SSSR count). The van der Waals surface area contributed by atoms with Gasteiger partial charge in [-0.15, -0.1) is 0 Å². The Kier molecular flexibility index (Phi) is 3.23. The third-order valence-electron chi connectivity index (χ3n) is 3.39. The van der Waals surface area contributed by atoms with Crippen LogP contribution in [0.2, 0.25) is 0 Å². The van der Waals surface area contributed by atoms with Crippen molar-refractivity contribution in [2.24, 2.45) is 0 Å². The highest BCUT2D eigenvalue weighted by Gasteiger charge is 2.06. The molecule has 5 heteroatoms. The van der Waals surface area contributed by atoms with Crippen LogP contribution in [-0.2, 0) is 6.54 Å². The summed E-state index contributed by atoms with van der Waals surface area (Å²) < 4.78 is 1.66. The summed E-state index contributed by atoms with van der Waals surface area (Å²) in [4.78, 5) is 22.3. The van der Waals surface area contributed by atoms with E-state index in [2.05, 4.69) is 0 Å². The van der Waals surface area contributed by atoms with Crippen LogP contribution in [0, 0.1) is 10.1 Å². The van der Waals surface area contributed by atoms with E-state index in [9.17, 15) is 14.9 Å². The fraction of sp³-hybridized carbons (Fsp3) is 0.0625. The van der Waals surface area contributed by atoms with E-state index in [0.29, 0.717) is 6.54 Å². The Morgan fingerprint density at radius 3 is 2.38 bits per heavy atom. The minimum atomic E-state index is -0.437. The normalized spacial score (nSPS) is 10.7. The molecule has 2 aromatic carbocycles. The van der Waals surface area contributed by atoms with Crippen molar-refractivity contribution >= 4 is 16.6 Å². The van der Waals surface area contributed by atoms with Gasteiger partial charge < -0.3 is 4.57 Å². The maximum Gasteiger partial charge on any atom is 0.269 e. The van der Waals surface area contributed by atoms with Crippen molar-refractivity contribution < 1.29 is 4.92 Å². The number of nitro groups is 1. The summed E-state index contributed by atoms with van der Waals surface area (Å²) in [6.45, 7) is 0.387. The quantitative estimate of drug-likeness (QED) is 0.547. The van der Waals surface area contributed by atoms with Gasteiger partial charge in [0.1, 0.15) is 0 Å². The van der Waals surface area contributed by atoms with Gasteiger partial charge in [-0.25, -0.2) is 0 Å². The molecule has 0 unspecified atom stereocenters. The first-order valence-electron chi connectivity index (χ1n) is 6.47. The zero-order valence-electron chi connectivity index (χ0n) is 11.1. The Bertz CT molecular complexity index is 867. The van der Waals surface area contributed by atoms with Crippen molar-refractivity contribution in [3.05, 3.63) is 86.7 Å². The van der Waals surface area contributed by atoms with Crippen LogP contribution >= 0.6 is 0 Å². The Morgan fingerprint density at radius 1 is 0.952 bits per heavy atom. The molecule has 1 heterocycles. The lowest BCUT2D eigenvalue weighted by Crippen LogP contribution is -2.19. The van der Waals surface area contributed by atoms with Gasteiger partial charge in [0.05, 0.1) is 17.0 Å². The Labute approximate surface area is 120 Å². The maximum atomic E-state index is 12.1. The summed E-state index contributed by atoms with van der Waals surface area (Å²) in [5, 5.41) is 11.6. The van der Waals surface area contributed by atoms with Crippen molar-refractivity contribution in [1.29, 1.82) is 0 Å². The van der Waals surface area contributed by atoms with Crippen molar-refractivity contribution in [2.75, 3.05) is 0 Å². The zero-order chi connectivity index (χ0) is 14.8. The van der Waals surface area contributed by atoms with Crippen LogP contribution in [0.15, 0.2) is 65.5 Å². The Hall–Kier alpha value is -2.95. The second-order valence-electron chi connectivity index (χ2n) is 4.74. The summed E-state index contributed by atoms with van der Waals surface area (Å²) >= 11 is 0. The number of pyridine rings is 1. The molecule has 0 N–H and O–H groups in total. The molecule has 0 fully saturated rings. The van der Waals surface area contributed by atoms with E-state index in [1.165, 1.54) is 18.2 Å². The molecule has 3 aromatic rings.